The van der Waals surface area contributed by atoms with Crippen molar-refractivity contribution in [1.82, 2.24) is 5.06 Å². The molecule has 0 aromatic heterocycles. The molecule has 2 aliphatic heterocycles. The normalized spacial score (nSPS) is 30.8. The first-order chi connectivity index (χ1) is 13.5. The van der Waals surface area contributed by atoms with Crippen LogP contribution in [-0.4, -0.2) is 46.0 Å². The van der Waals surface area contributed by atoms with Crippen LogP contribution in [0.15, 0.2) is 59.5 Å². The topological polar surface area (TPSA) is 65.1 Å². The van der Waals surface area contributed by atoms with Crippen molar-refractivity contribution in [2.75, 3.05) is 13.7 Å². The van der Waals surface area contributed by atoms with Crippen LogP contribution in [-0.2, 0) is 29.9 Å². The van der Waals surface area contributed by atoms with Gasteiger partial charge in [-0.2, -0.15) is 5.06 Å². The Labute approximate surface area is 166 Å². The minimum Gasteiger partial charge on any atom is -0.431 e. The first-order valence-electron chi connectivity index (χ1n) is 9.26. The van der Waals surface area contributed by atoms with Crippen molar-refractivity contribution < 1.29 is 23.3 Å². The lowest BCUT2D eigenvalue weighted by Gasteiger charge is -2.30. The Morgan fingerprint density at radius 2 is 1.82 bits per heavy atom. The average molecular weight is 401 g/mol. The third kappa shape index (κ3) is 2.81. The molecular weight excluding hydrogens is 378 g/mol. The quantitative estimate of drug-likeness (QED) is 0.718. The molecule has 2 aromatic carbocycles. The fourth-order valence-corrected chi connectivity index (χ4v) is 5.83. The molecule has 28 heavy (non-hydrogen) atoms. The molecule has 0 radical (unpaired) electrons. The van der Waals surface area contributed by atoms with E-state index in [2.05, 4.69) is 0 Å². The van der Waals surface area contributed by atoms with Crippen molar-refractivity contribution in [1.29, 1.82) is 0 Å². The first-order valence-corrected chi connectivity index (χ1v) is 10.4. The van der Waals surface area contributed by atoms with E-state index in [1.165, 1.54) is 0 Å². The van der Waals surface area contributed by atoms with Crippen LogP contribution in [0.2, 0.25) is 0 Å². The van der Waals surface area contributed by atoms with Crippen LogP contribution >= 0.6 is 0 Å². The van der Waals surface area contributed by atoms with Crippen LogP contribution in [0.3, 0.4) is 0 Å². The minimum atomic E-state index is -1.72. The SMILES string of the molecule is CCO[C@@H]1OC(=O)[C@]2(S(=O)c3ccc(C)cc3)[C@H]1ON(C)[C@@H]2c1ccccc1. The second-order valence-corrected chi connectivity index (χ2v) is 8.67. The Hall–Kier alpha value is -2.06. The van der Waals surface area contributed by atoms with E-state index < -0.39 is 40.0 Å². The molecule has 4 rings (SSSR count). The number of rotatable bonds is 5. The average Bonchev–Trinajstić information content (AvgIpc) is 3.15. The molecule has 1 unspecified atom stereocenters. The Bertz CT molecular complexity index is 887. The molecular formula is C21H23NO5S. The Balaban J connectivity index is 1.88. The molecule has 2 heterocycles. The Morgan fingerprint density at radius 3 is 2.46 bits per heavy atom. The second-order valence-electron chi connectivity index (χ2n) is 6.99. The molecule has 2 fully saturated rings. The van der Waals surface area contributed by atoms with E-state index in [-0.39, 0.29) is 0 Å². The van der Waals surface area contributed by atoms with Gasteiger partial charge in [0, 0.05) is 18.6 Å². The lowest BCUT2D eigenvalue weighted by molar-refractivity contribution is -0.225. The lowest BCUT2D eigenvalue weighted by atomic mass is 9.90. The van der Waals surface area contributed by atoms with E-state index in [0.29, 0.717) is 11.5 Å². The van der Waals surface area contributed by atoms with Crippen molar-refractivity contribution in [3.05, 3.63) is 65.7 Å². The van der Waals surface area contributed by atoms with Gasteiger partial charge < -0.3 is 9.47 Å². The summed E-state index contributed by atoms with van der Waals surface area (Å²) in [7, 11) is 0.0303. The molecule has 0 aliphatic carbocycles. The van der Waals surface area contributed by atoms with Crippen LogP contribution < -0.4 is 0 Å². The fourth-order valence-electron chi connectivity index (χ4n) is 4.00. The van der Waals surface area contributed by atoms with Gasteiger partial charge in [-0.15, -0.1) is 0 Å². The summed E-state index contributed by atoms with van der Waals surface area (Å²) < 4.78 is 23.6. The molecule has 0 amide bonds. The summed E-state index contributed by atoms with van der Waals surface area (Å²) in [5.41, 5.74) is 1.89. The molecule has 2 saturated heterocycles. The number of benzene rings is 2. The van der Waals surface area contributed by atoms with Crippen LogP contribution in [0, 0.1) is 6.92 Å². The summed E-state index contributed by atoms with van der Waals surface area (Å²) in [5, 5.41) is 1.61. The number of hydrogen-bond donors (Lipinski definition) is 0. The fraction of sp³-hybridized carbons (Fsp3) is 0.381. The molecule has 0 bridgehead atoms. The predicted octanol–water partition coefficient (Wildman–Crippen LogP) is 2.75. The number of aryl methyl sites for hydroxylation is 1. The summed E-state index contributed by atoms with van der Waals surface area (Å²) in [6, 6.07) is 16.3. The summed E-state index contributed by atoms with van der Waals surface area (Å²) in [6.45, 7) is 4.13. The number of hydrogen-bond acceptors (Lipinski definition) is 6. The standard InChI is InChI=1S/C21H23NO5S/c1-4-25-19-18-21(20(23)26-19,28(24)16-12-10-14(2)11-13-16)17(22(3)27-18)15-8-6-5-7-9-15/h5-13,17-19H,4H2,1-3H3/t17-,18+,19-,21-,28?/m1/s1. The van der Waals surface area contributed by atoms with Gasteiger partial charge in [0.2, 0.25) is 11.0 Å². The van der Waals surface area contributed by atoms with Gasteiger partial charge in [-0.1, -0.05) is 48.0 Å². The number of cyclic esters (lactones) is 1. The monoisotopic (exact) mass is 401 g/mol. The maximum absolute atomic E-state index is 13.9. The zero-order valence-electron chi connectivity index (χ0n) is 16.0. The van der Waals surface area contributed by atoms with Gasteiger partial charge in [0.25, 0.3) is 0 Å². The van der Waals surface area contributed by atoms with Gasteiger partial charge in [-0.05, 0) is 31.5 Å². The molecule has 148 valence electrons. The van der Waals surface area contributed by atoms with Crippen molar-refractivity contribution in [3.8, 4) is 0 Å². The second kappa shape index (κ2) is 7.40. The van der Waals surface area contributed by atoms with Gasteiger partial charge in [-0.3, -0.25) is 13.8 Å². The number of hydroxylamine groups is 2. The van der Waals surface area contributed by atoms with Gasteiger partial charge in [0.1, 0.15) is 0 Å². The molecule has 0 spiro atoms. The largest absolute Gasteiger partial charge is 0.431 e. The lowest BCUT2D eigenvalue weighted by Crippen LogP contribution is -2.51. The van der Waals surface area contributed by atoms with Gasteiger partial charge in [0.05, 0.1) is 16.8 Å². The zero-order valence-corrected chi connectivity index (χ0v) is 16.8. The van der Waals surface area contributed by atoms with E-state index in [9.17, 15) is 9.00 Å². The maximum Gasteiger partial charge on any atom is 0.332 e. The third-order valence-corrected chi connectivity index (χ3v) is 7.19. The van der Waals surface area contributed by atoms with Crippen molar-refractivity contribution in [2.45, 2.75) is 41.9 Å². The molecule has 6 nitrogen and oxygen atoms in total. The summed E-state index contributed by atoms with van der Waals surface area (Å²) in [6.07, 6.45) is -1.71. The van der Waals surface area contributed by atoms with Gasteiger partial charge >= 0.3 is 5.97 Å². The highest BCUT2D eigenvalue weighted by atomic mass is 32.2. The molecule has 2 aliphatic rings. The molecule has 2 aromatic rings. The maximum atomic E-state index is 13.9. The summed E-state index contributed by atoms with van der Waals surface area (Å²) >= 11 is 0. The van der Waals surface area contributed by atoms with Crippen LogP contribution in [0.5, 0.6) is 0 Å². The highest BCUT2D eigenvalue weighted by Gasteiger charge is 2.73. The molecule has 5 atom stereocenters. The number of carbonyl (C=O) groups is 1. The predicted molar refractivity (Wildman–Crippen MR) is 104 cm³/mol. The van der Waals surface area contributed by atoms with Crippen molar-refractivity contribution >= 4 is 16.8 Å². The number of esters is 1. The number of carbonyl (C=O) groups excluding carboxylic acids is 1. The van der Waals surface area contributed by atoms with E-state index in [1.54, 1.807) is 24.2 Å². The summed E-state index contributed by atoms with van der Waals surface area (Å²) in [5.74, 6) is -0.562. The zero-order chi connectivity index (χ0) is 19.9. The van der Waals surface area contributed by atoms with E-state index in [0.717, 1.165) is 11.1 Å². The van der Waals surface area contributed by atoms with Crippen LogP contribution in [0.4, 0.5) is 0 Å². The highest BCUT2D eigenvalue weighted by molar-refractivity contribution is 7.87. The summed E-state index contributed by atoms with van der Waals surface area (Å²) in [4.78, 5) is 19.9. The third-order valence-electron chi connectivity index (χ3n) is 5.25. The molecule has 0 N–H and O–H groups in total. The highest BCUT2D eigenvalue weighted by Crippen LogP contribution is 2.53. The number of ether oxygens (including phenoxy) is 2. The minimum absolute atomic E-state index is 0.352. The van der Waals surface area contributed by atoms with Gasteiger partial charge in [-0.25, -0.2) is 0 Å². The number of fused-ring (bicyclic) bond motifs is 1. The van der Waals surface area contributed by atoms with E-state index in [1.807, 2.05) is 56.3 Å². The molecule has 0 saturated carbocycles. The van der Waals surface area contributed by atoms with Crippen LogP contribution in [0.1, 0.15) is 24.1 Å². The van der Waals surface area contributed by atoms with Crippen molar-refractivity contribution in [3.63, 3.8) is 0 Å². The van der Waals surface area contributed by atoms with E-state index in [4.69, 9.17) is 14.3 Å². The van der Waals surface area contributed by atoms with Crippen molar-refractivity contribution in [2.24, 2.45) is 0 Å². The number of nitrogens with zero attached hydrogens (tertiary/aromatic N) is 1. The van der Waals surface area contributed by atoms with E-state index >= 15 is 0 Å². The molecule has 7 heteroatoms. The first kappa shape index (κ1) is 19.3. The Morgan fingerprint density at radius 1 is 1.14 bits per heavy atom. The van der Waals surface area contributed by atoms with Gasteiger partial charge in [0.15, 0.2) is 6.10 Å². The smallest absolute Gasteiger partial charge is 0.332 e. The van der Waals surface area contributed by atoms with Crippen LogP contribution in [0.25, 0.3) is 0 Å². The Kier molecular flexibility index (Phi) is 5.09.